The maximum absolute atomic E-state index is 11.9. The Morgan fingerprint density at radius 1 is 1.45 bits per heavy atom. The van der Waals surface area contributed by atoms with Gasteiger partial charge >= 0.3 is 12.1 Å². The van der Waals surface area contributed by atoms with Crippen LogP contribution in [0.3, 0.4) is 0 Å². The van der Waals surface area contributed by atoms with Crippen LogP contribution in [-0.4, -0.2) is 58.8 Å². The Morgan fingerprint density at radius 2 is 2.15 bits per heavy atom. The van der Waals surface area contributed by atoms with Crippen molar-refractivity contribution in [3.8, 4) is 0 Å². The van der Waals surface area contributed by atoms with Gasteiger partial charge in [0.1, 0.15) is 17.7 Å². The van der Waals surface area contributed by atoms with Crippen molar-refractivity contribution in [2.45, 2.75) is 51.4 Å². The Balaban J connectivity index is 1.86. The molecule has 0 aromatic carbocycles. The maximum Gasteiger partial charge on any atom is 0.410 e. The van der Waals surface area contributed by atoms with Crippen LogP contribution < -0.4 is 0 Å². The summed E-state index contributed by atoms with van der Waals surface area (Å²) in [6, 6.07) is -0.105. The van der Waals surface area contributed by atoms with E-state index in [1.54, 1.807) is 4.90 Å². The van der Waals surface area contributed by atoms with Gasteiger partial charge in [0.15, 0.2) is 5.90 Å². The summed E-state index contributed by atoms with van der Waals surface area (Å²) in [6.07, 6.45) is -0.230. The molecule has 0 aromatic rings. The van der Waals surface area contributed by atoms with Crippen LogP contribution >= 0.6 is 0 Å². The summed E-state index contributed by atoms with van der Waals surface area (Å²) in [4.78, 5) is 28.3. The van der Waals surface area contributed by atoms with Crippen molar-refractivity contribution in [3.05, 3.63) is 0 Å². The molecule has 20 heavy (non-hydrogen) atoms. The second kappa shape index (κ2) is 5.30. The van der Waals surface area contributed by atoms with Crippen LogP contribution in [0, 0.1) is 0 Å². The number of aliphatic carboxylic acids is 1. The fraction of sp³-hybridized carbons (Fsp3) is 0.769. The third-order valence-electron chi connectivity index (χ3n) is 3.04. The molecule has 1 fully saturated rings. The number of amides is 1. The van der Waals surface area contributed by atoms with Gasteiger partial charge in [-0.1, -0.05) is 0 Å². The molecule has 2 rings (SSSR count). The average Bonchev–Trinajstić information content (AvgIpc) is 2.80. The lowest BCUT2D eigenvalue weighted by Gasteiger charge is -2.24. The summed E-state index contributed by atoms with van der Waals surface area (Å²) in [5, 5.41) is 8.62. The number of likely N-dealkylation sites (tertiary alicyclic amines) is 1. The molecule has 2 aliphatic heterocycles. The van der Waals surface area contributed by atoms with E-state index >= 15 is 0 Å². The normalized spacial score (nSPS) is 24.9. The molecule has 0 spiro atoms. The van der Waals surface area contributed by atoms with Crippen molar-refractivity contribution in [2.24, 2.45) is 4.99 Å². The van der Waals surface area contributed by atoms with Crippen molar-refractivity contribution in [2.75, 3.05) is 13.1 Å². The van der Waals surface area contributed by atoms with Crippen LogP contribution in [0.15, 0.2) is 4.99 Å². The molecule has 0 radical (unpaired) electrons. The highest BCUT2D eigenvalue weighted by Gasteiger charge is 2.42. The molecular formula is C13H20N2O5. The first kappa shape index (κ1) is 14.6. The number of carbonyl (C=O) groups excluding carboxylic acids is 1. The summed E-state index contributed by atoms with van der Waals surface area (Å²) in [6.45, 7) is 6.34. The lowest BCUT2D eigenvalue weighted by atomic mass is 10.2. The third kappa shape index (κ3) is 3.61. The van der Waals surface area contributed by atoms with Crippen molar-refractivity contribution in [1.82, 2.24) is 4.90 Å². The van der Waals surface area contributed by atoms with Gasteiger partial charge in [-0.2, -0.15) is 0 Å². The summed E-state index contributed by atoms with van der Waals surface area (Å²) in [5.41, 5.74) is -0.522. The van der Waals surface area contributed by atoms with E-state index in [1.807, 2.05) is 20.8 Å². The molecule has 2 heterocycles. The minimum absolute atomic E-state index is 0.00799. The van der Waals surface area contributed by atoms with E-state index in [2.05, 4.69) is 4.99 Å². The number of hydrogen-bond donors (Lipinski definition) is 1. The number of carbonyl (C=O) groups is 2. The van der Waals surface area contributed by atoms with E-state index in [-0.39, 0.29) is 24.7 Å². The SMILES string of the molecule is CC(C)(C)OC(=O)N1CC2N=C(CCC(=O)O)OC2C1. The molecule has 7 nitrogen and oxygen atoms in total. The summed E-state index contributed by atoms with van der Waals surface area (Å²) < 4.78 is 10.9. The van der Waals surface area contributed by atoms with E-state index < -0.39 is 11.6 Å². The Morgan fingerprint density at radius 3 is 2.70 bits per heavy atom. The molecule has 1 amide bonds. The predicted octanol–water partition coefficient (Wildman–Crippen LogP) is 1.27. The van der Waals surface area contributed by atoms with Crippen LogP contribution in [0.25, 0.3) is 0 Å². The van der Waals surface area contributed by atoms with Gasteiger partial charge in [-0.3, -0.25) is 4.79 Å². The van der Waals surface area contributed by atoms with Crippen molar-refractivity contribution < 1.29 is 24.2 Å². The lowest BCUT2D eigenvalue weighted by Crippen LogP contribution is -2.36. The van der Waals surface area contributed by atoms with E-state index in [1.165, 1.54) is 0 Å². The summed E-state index contributed by atoms with van der Waals surface area (Å²) in [5.74, 6) is -0.394. The van der Waals surface area contributed by atoms with Gasteiger partial charge in [0, 0.05) is 6.42 Å². The molecular weight excluding hydrogens is 264 g/mol. The molecule has 2 atom stereocenters. The summed E-state index contributed by atoms with van der Waals surface area (Å²) >= 11 is 0. The van der Waals surface area contributed by atoms with Gasteiger partial charge in [-0.15, -0.1) is 0 Å². The number of aliphatic imine (C=N–C) groups is 1. The van der Waals surface area contributed by atoms with E-state index in [0.717, 1.165) is 0 Å². The highest BCUT2D eigenvalue weighted by Crippen LogP contribution is 2.25. The number of carboxylic acids is 1. The zero-order valence-corrected chi connectivity index (χ0v) is 12.0. The Hall–Kier alpha value is -1.79. The Bertz CT molecular complexity index is 441. The highest BCUT2D eigenvalue weighted by atomic mass is 16.6. The molecule has 2 unspecified atom stereocenters. The van der Waals surface area contributed by atoms with E-state index in [9.17, 15) is 9.59 Å². The molecule has 2 aliphatic rings. The molecule has 0 aliphatic carbocycles. The highest BCUT2D eigenvalue weighted by molar-refractivity contribution is 5.82. The van der Waals surface area contributed by atoms with Crippen LogP contribution in [-0.2, 0) is 14.3 Å². The molecule has 112 valence electrons. The molecule has 1 saturated heterocycles. The number of hydrogen-bond acceptors (Lipinski definition) is 5. The number of fused-ring (bicyclic) bond motifs is 1. The monoisotopic (exact) mass is 284 g/mol. The second-order valence-electron chi connectivity index (χ2n) is 6.03. The first-order chi connectivity index (χ1) is 9.24. The first-order valence-corrected chi connectivity index (χ1v) is 6.67. The van der Waals surface area contributed by atoms with Gasteiger partial charge in [-0.25, -0.2) is 9.79 Å². The maximum atomic E-state index is 11.9. The zero-order valence-electron chi connectivity index (χ0n) is 12.0. The Kier molecular flexibility index (Phi) is 3.87. The van der Waals surface area contributed by atoms with Crippen LogP contribution in [0.1, 0.15) is 33.6 Å². The molecule has 7 heteroatoms. The molecule has 1 N–H and O–H groups in total. The molecule has 0 aromatic heterocycles. The third-order valence-corrected chi connectivity index (χ3v) is 3.04. The topological polar surface area (TPSA) is 88.4 Å². The number of rotatable bonds is 3. The first-order valence-electron chi connectivity index (χ1n) is 6.67. The zero-order chi connectivity index (χ0) is 14.9. The minimum atomic E-state index is -0.872. The lowest BCUT2D eigenvalue weighted by molar-refractivity contribution is -0.136. The van der Waals surface area contributed by atoms with E-state index in [0.29, 0.717) is 25.4 Å². The van der Waals surface area contributed by atoms with Crippen LogP contribution in [0.5, 0.6) is 0 Å². The standard InChI is InChI=1S/C13H20N2O5/c1-13(2,3)20-12(18)15-6-8-9(7-15)19-10(14-8)4-5-11(16)17/h8-9H,4-7H2,1-3H3,(H,16,17). The fourth-order valence-corrected chi connectivity index (χ4v) is 2.20. The largest absolute Gasteiger partial charge is 0.481 e. The van der Waals surface area contributed by atoms with Crippen molar-refractivity contribution in [1.29, 1.82) is 0 Å². The molecule has 0 bridgehead atoms. The minimum Gasteiger partial charge on any atom is -0.481 e. The summed E-state index contributed by atoms with van der Waals surface area (Å²) in [7, 11) is 0. The molecule has 0 saturated carbocycles. The smallest absolute Gasteiger partial charge is 0.410 e. The number of ether oxygens (including phenoxy) is 2. The van der Waals surface area contributed by atoms with Crippen molar-refractivity contribution in [3.63, 3.8) is 0 Å². The predicted molar refractivity (Wildman–Crippen MR) is 70.8 cm³/mol. The van der Waals surface area contributed by atoms with Gasteiger partial charge in [0.2, 0.25) is 0 Å². The van der Waals surface area contributed by atoms with Gasteiger partial charge in [0.25, 0.3) is 0 Å². The fourth-order valence-electron chi connectivity index (χ4n) is 2.20. The van der Waals surface area contributed by atoms with Gasteiger partial charge < -0.3 is 19.5 Å². The van der Waals surface area contributed by atoms with Crippen LogP contribution in [0.2, 0.25) is 0 Å². The van der Waals surface area contributed by atoms with E-state index in [4.69, 9.17) is 14.6 Å². The van der Waals surface area contributed by atoms with Crippen LogP contribution in [0.4, 0.5) is 4.79 Å². The number of nitrogens with zero attached hydrogens (tertiary/aromatic N) is 2. The number of carboxylic acid groups (broad SMARTS) is 1. The van der Waals surface area contributed by atoms with Crippen molar-refractivity contribution >= 4 is 18.0 Å². The second-order valence-corrected chi connectivity index (χ2v) is 6.03. The van der Waals surface area contributed by atoms with Gasteiger partial charge in [-0.05, 0) is 20.8 Å². The Labute approximate surface area is 117 Å². The van der Waals surface area contributed by atoms with Gasteiger partial charge in [0.05, 0.1) is 19.5 Å². The average molecular weight is 284 g/mol. The quantitative estimate of drug-likeness (QED) is 0.843.